The molecule has 5 heteroatoms. The van der Waals surface area contributed by atoms with Gasteiger partial charge in [-0.25, -0.2) is 4.79 Å². The van der Waals surface area contributed by atoms with Crippen LogP contribution in [0.2, 0.25) is 0 Å². The molecule has 0 aromatic carbocycles. The third-order valence-corrected chi connectivity index (χ3v) is 1.90. The molecule has 0 atom stereocenters. The van der Waals surface area contributed by atoms with Crippen molar-refractivity contribution in [2.45, 2.75) is 24.3 Å². The Kier molecular flexibility index (Phi) is 2.75. The molecule has 1 heterocycles. The predicted molar refractivity (Wildman–Crippen MR) is 44.5 cm³/mol. The Morgan fingerprint density at radius 2 is 2.42 bits per heavy atom. The van der Waals surface area contributed by atoms with Crippen LogP contribution in [0.3, 0.4) is 0 Å². The quantitative estimate of drug-likeness (QED) is 0.732. The van der Waals surface area contributed by atoms with Crippen molar-refractivity contribution >= 4 is 17.7 Å². The number of thioether (sulfide) groups is 1. The monoisotopic (exact) mass is 187 g/mol. The molecule has 0 radical (unpaired) electrons. The maximum absolute atomic E-state index is 10.4. The Morgan fingerprint density at radius 3 is 2.83 bits per heavy atom. The smallest absolute Gasteiger partial charge is 0.357 e. The van der Waals surface area contributed by atoms with Gasteiger partial charge in [-0.2, -0.15) is 4.98 Å². The SMILES string of the molecule is CC(C)Sc1nc(C(=O)O)co1. The number of rotatable bonds is 3. The fourth-order valence-electron chi connectivity index (χ4n) is 0.611. The fraction of sp³-hybridized carbons (Fsp3) is 0.429. The molecule has 0 saturated carbocycles. The minimum atomic E-state index is -1.06. The molecule has 0 saturated heterocycles. The molecule has 12 heavy (non-hydrogen) atoms. The van der Waals surface area contributed by atoms with Crippen molar-refractivity contribution in [1.29, 1.82) is 0 Å². The number of carbonyl (C=O) groups is 1. The number of hydrogen-bond acceptors (Lipinski definition) is 4. The number of carboxylic acid groups (broad SMARTS) is 1. The van der Waals surface area contributed by atoms with Gasteiger partial charge in [-0.05, 0) is 0 Å². The van der Waals surface area contributed by atoms with Gasteiger partial charge in [0.05, 0.1) is 0 Å². The summed E-state index contributed by atoms with van der Waals surface area (Å²) in [6, 6.07) is 0. The highest BCUT2D eigenvalue weighted by molar-refractivity contribution is 7.99. The second kappa shape index (κ2) is 3.62. The summed E-state index contributed by atoms with van der Waals surface area (Å²) < 4.78 is 4.91. The first kappa shape index (κ1) is 9.12. The van der Waals surface area contributed by atoms with Gasteiger partial charge in [0, 0.05) is 5.25 Å². The van der Waals surface area contributed by atoms with Crippen LogP contribution in [-0.2, 0) is 0 Å². The summed E-state index contributed by atoms with van der Waals surface area (Å²) in [7, 11) is 0. The average Bonchev–Trinajstić information content (AvgIpc) is 2.34. The van der Waals surface area contributed by atoms with Crippen molar-refractivity contribution in [2.24, 2.45) is 0 Å². The van der Waals surface area contributed by atoms with Crippen LogP contribution in [-0.4, -0.2) is 21.3 Å². The van der Waals surface area contributed by atoms with E-state index >= 15 is 0 Å². The van der Waals surface area contributed by atoms with Gasteiger partial charge in [0.2, 0.25) is 0 Å². The van der Waals surface area contributed by atoms with E-state index in [1.165, 1.54) is 11.8 Å². The Balaban J connectivity index is 2.71. The summed E-state index contributed by atoms with van der Waals surface area (Å²) in [6.45, 7) is 3.96. The molecule has 1 aromatic rings. The molecule has 1 rings (SSSR count). The van der Waals surface area contributed by atoms with Crippen molar-refractivity contribution in [3.8, 4) is 0 Å². The molecule has 0 aliphatic heterocycles. The van der Waals surface area contributed by atoms with Crippen LogP contribution in [0, 0.1) is 0 Å². The Hall–Kier alpha value is -0.970. The summed E-state index contributed by atoms with van der Waals surface area (Å²) in [5.41, 5.74) is -0.0434. The lowest BCUT2D eigenvalue weighted by Crippen LogP contribution is -1.95. The van der Waals surface area contributed by atoms with Gasteiger partial charge >= 0.3 is 5.97 Å². The largest absolute Gasteiger partial charge is 0.476 e. The Labute approximate surface area is 74.0 Å². The third kappa shape index (κ3) is 2.27. The lowest BCUT2D eigenvalue weighted by molar-refractivity contribution is 0.0690. The highest BCUT2D eigenvalue weighted by Crippen LogP contribution is 2.21. The highest BCUT2D eigenvalue weighted by Gasteiger charge is 2.11. The van der Waals surface area contributed by atoms with Gasteiger partial charge in [-0.1, -0.05) is 25.6 Å². The van der Waals surface area contributed by atoms with Crippen molar-refractivity contribution in [3.05, 3.63) is 12.0 Å². The second-order valence-electron chi connectivity index (χ2n) is 2.47. The van der Waals surface area contributed by atoms with E-state index in [4.69, 9.17) is 9.52 Å². The summed E-state index contributed by atoms with van der Waals surface area (Å²) in [5, 5.41) is 9.24. The second-order valence-corrected chi connectivity index (χ2v) is 4.00. The van der Waals surface area contributed by atoms with Crippen LogP contribution in [0.5, 0.6) is 0 Å². The van der Waals surface area contributed by atoms with Gasteiger partial charge in [-0.15, -0.1) is 0 Å². The van der Waals surface area contributed by atoms with E-state index in [-0.39, 0.29) is 5.69 Å². The maximum Gasteiger partial charge on any atom is 0.357 e. The first-order chi connectivity index (χ1) is 5.59. The molecule has 66 valence electrons. The van der Waals surface area contributed by atoms with E-state index < -0.39 is 5.97 Å². The van der Waals surface area contributed by atoms with Gasteiger partial charge in [0.15, 0.2) is 5.69 Å². The number of aromatic carboxylic acids is 1. The maximum atomic E-state index is 10.4. The molecule has 0 aliphatic carbocycles. The zero-order valence-electron chi connectivity index (χ0n) is 6.77. The van der Waals surface area contributed by atoms with E-state index in [0.29, 0.717) is 10.5 Å². The van der Waals surface area contributed by atoms with E-state index in [1.54, 1.807) is 0 Å². The number of carboxylic acids is 1. The van der Waals surface area contributed by atoms with Crippen LogP contribution < -0.4 is 0 Å². The molecule has 0 aliphatic rings. The van der Waals surface area contributed by atoms with Gasteiger partial charge in [-0.3, -0.25) is 0 Å². The highest BCUT2D eigenvalue weighted by atomic mass is 32.2. The summed E-state index contributed by atoms with van der Waals surface area (Å²) >= 11 is 1.40. The zero-order valence-corrected chi connectivity index (χ0v) is 7.59. The Morgan fingerprint density at radius 1 is 1.75 bits per heavy atom. The normalized spacial score (nSPS) is 10.6. The molecule has 4 nitrogen and oxygen atoms in total. The van der Waals surface area contributed by atoms with E-state index in [0.717, 1.165) is 6.26 Å². The summed E-state index contributed by atoms with van der Waals surface area (Å²) in [6.07, 6.45) is 1.15. The number of hydrogen-bond donors (Lipinski definition) is 1. The minimum absolute atomic E-state index is 0.0434. The van der Waals surface area contributed by atoms with Crippen LogP contribution in [0.4, 0.5) is 0 Å². The topological polar surface area (TPSA) is 63.3 Å². The molecule has 0 amide bonds. The van der Waals surface area contributed by atoms with E-state index in [1.807, 2.05) is 13.8 Å². The lowest BCUT2D eigenvalue weighted by atomic mass is 10.5. The first-order valence-electron chi connectivity index (χ1n) is 3.45. The molecule has 0 bridgehead atoms. The fourth-order valence-corrected chi connectivity index (χ4v) is 1.27. The molecule has 0 unspecified atom stereocenters. The van der Waals surface area contributed by atoms with E-state index in [2.05, 4.69) is 4.98 Å². The van der Waals surface area contributed by atoms with Crippen molar-refractivity contribution < 1.29 is 14.3 Å². The lowest BCUT2D eigenvalue weighted by Gasteiger charge is -1.96. The first-order valence-corrected chi connectivity index (χ1v) is 4.33. The standard InChI is InChI=1S/C7H9NO3S/c1-4(2)12-7-8-5(3-11-7)6(9)10/h3-4H,1-2H3,(H,9,10). The summed E-state index contributed by atoms with van der Waals surface area (Å²) in [5.74, 6) is -1.06. The van der Waals surface area contributed by atoms with Crippen LogP contribution in [0.1, 0.15) is 24.3 Å². The molecule has 1 aromatic heterocycles. The van der Waals surface area contributed by atoms with Crippen LogP contribution in [0.25, 0.3) is 0 Å². The van der Waals surface area contributed by atoms with Gasteiger partial charge < -0.3 is 9.52 Å². The van der Waals surface area contributed by atoms with Crippen molar-refractivity contribution in [1.82, 2.24) is 4.98 Å². The molecular formula is C7H9NO3S. The van der Waals surface area contributed by atoms with E-state index in [9.17, 15) is 4.79 Å². The van der Waals surface area contributed by atoms with Gasteiger partial charge in [0.25, 0.3) is 5.22 Å². The molecule has 0 fully saturated rings. The Bertz CT molecular complexity index is 282. The molecular weight excluding hydrogens is 178 g/mol. The summed E-state index contributed by atoms with van der Waals surface area (Å²) in [4.78, 5) is 14.1. The number of oxazole rings is 1. The third-order valence-electron chi connectivity index (χ3n) is 1.04. The molecule has 0 spiro atoms. The van der Waals surface area contributed by atoms with Crippen molar-refractivity contribution in [3.63, 3.8) is 0 Å². The van der Waals surface area contributed by atoms with Crippen LogP contribution in [0.15, 0.2) is 15.9 Å². The average molecular weight is 187 g/mol. The van der Waals surface area contributed by atoms with Crippen molar-refractivity contribution in [2.75, 3.05) is 0 Å². The number of nitrogens with zero attached hydrogens (tertiary/aromatic N) is 1. The molecule has 1 N–H and O–H groups in total. The van der Waals surface area contributed by atoms with Gasteiger partial charge in [0.1, 0.15) is 6.26 Å². The number of aromatic nitrogens is 1. The minimum Gasteiger partial charge on any atom is -0.476 e. The van der Waals surface area contributed by atoms with Crippen LogP contribution >= 0.6 is 11.8 Å². The zero-order chi connectivity index (χ0) is 9.14. The predicted octanol–water partition coefficient (Wildman–Crippen LogP) is 1.87.